The van der Waals surface area contributed by atoms with Crippen LogP contribution < -0.4 is 15.6 Å². The van der Waals surface area contributed by atoms with Gasteiger partial charge in [-0.3, -0.25) is 14.4 Å². The van der Waals surface area contributed by atoms with Crippen molar-refractivity contribution >= 4 is 74.4 Å². The fourth-order valence-electron chi connectivity index (χ4n) is 3.05. The van der Waals surface area contributed by atoms with E-state index < -0.39 is 52.1 Å². The molecule has 0 aliphatic heterocycles. The van der Waals surface area contributed by atoms with E-state index in [-0.39, 0.29) is 0 Å². The lowest BCUT2D eigenvalue weighted by Gasteiger charge is -2.22. The molecule has 0 bridgehead atoms. The van der Waals surface area contributed by atoms with Gasteiger partial charge in [-0.05, 0) is 36.3 Å². The summed E-state index contributed by atoms with van der Waals surface area (Å²) in [6.07, 6.45) is 0. The van der Waals surface area contributed by atoms with E-state index in [2.05, 4.69) is 0 Å². The van der Waals surface area contributed by atoms with Gasteiger partial charge >= 0.3 is 22.8 Å². The van der Waals surface area contributed by atoms with E-state index in [0.29, 0.717) is 0 Å². The first-order chi connectivity index (χ1) is 16.7. The van der Waals surface area contributed by atoms with Gasteiger partial charge < -0.3 is 13.3 Å². The lowest BCUT2D eigenvalue weighted by molar-refractivity contribution is -0.157. The zero-order valence-corrected chi connectivity index (χ0v) is 24.9. The molecule has 0 aliphatic rings. The van der Waals surface area contributed by atoms with E-state index in [1.807, 2.05) is 93.6 Å². The molecule has 3 aromatic rings. The van der Waals surface area contributed by atoms with E-state index >= 15 is 0 Å². The second-order valence-corrected chi connectivity index (χ2v) is 13.1. The first kappa shape index (κ1) is 26.6. The van der Waals surface area contributed by atoms with Crippen molar-refractivity contribution in [2.45, 2.75) is 25.6 Å². The van der Waals surface area contributed by atoms with Crippen molar-refractivity contribution in [2.75, 3.05) is 0 Å². The summed E-state index contributed by atoms with van der Waals surface area (Å²) in [5, 5.41) is 2.48. The Labute approximate surface area is 216 Å². The van der Waals surface area contributed by atoms with Crippen LogP contribution in [0, 0.1) is 20.8 Å². The van der Waals surface area contributed by atoms with Crippen molar-refractivity contribution in [3.63, 3.8) is 0 Å². The maximum atomic E-state index is 13.0. The Hall–Kier alpha value is -2.99. The Bertz CT molecular complexity index is 1030. The molecule has 182 valence electrons. The molecule has 3 aromatic carbocycles. The van der Waals surface area contributed by atoms with Crippen LogP contribution in [-0.4, -0.2) is 52.1 Å². The Kier molecular flexibility index (Phi) is 9.21. The summed E-state index contributed by atoms with van der Waals surface area (Å²) in [6, 6.07) is 22.4. The van der Waals surface area contributed by atoms with Gasteiger partial charge in [-0.25, -0.2) is 0 Å². The molecule has 0 aliphatic carbocycles. The van der Waals surface area contributed by atoms with Crippen molar-refractivity contribution in [1.29, 1.82) is 0 Å². The standard InChI is InChI=1S/C25H27ClO6Si3/c1-16-4-10-19(11-5-16)33-30-22(27)25(26,23(28)31-34-20-12-6-17(2)7-13-20)24(29)32-35-21-14-8-18(3)9-15-21/h4-15H,33-35H2,1-3H3. The lowest BCUT2D eigenvalue weighted by Crippen LogP contribution is -2.53. The van der Waals surface area contributed by atoms with Crippen LogP contribution in [0.15, 0.2) is 72.8 Å². The molecular formula is C25H27ClO6Si3. The maximum absolute atomic E-state index is 13.0. The Morgan fingerprint density at radius 1 is 0.543 bits per heavy atom. The third kappa shape index (κ3) is 7.25. The van der Waals surface area contributed by atoms with Crippen LogP contribution in [0.2, 0.25) is 0 Å². The molecule has 10 heteroatoms. The summed E-state index contributed by atoms with van der Waals surface area (Å²) in [6.45, 7) is 5.84. The fraction of sp³-hybridized carbons (Fsp3) is 0.160. The SMILES string of the molecule is Cc1ccc([SiH2]OC(=O)C(Cl)(C(=O)O[SiH2]c2ccc(C)cc2)C(=O)O[SiH2]c2ccc(C)cc2)cc1. The number of hydrogen-bond donors (Lipinski definition) is 0. The van der Waals surface area contributed by atoms with Gasteiger partial charge in [-0.2, -0.15) is 0 Å². The molecule has 0 spiro atoms. The smallest absolute Gasteiger partial charge is 0.337 e. The normalized spacial score (nSPS) is 13.4. The second kappa shape index (κ2) is 12.1. The largest absolute Gasteiger partial charge is 0.518 e. The van der Waals surface area contributed by atoms with Gasteiger partial charge in [0.1, 0.15) is 0 Å². The van der Waals surface area contributed by atoms with E-state index in [1.54, 1.807) is 0 Å². The second-order valence-electron chi connectivity index (χ2n) is 8.34. The van der Waals surface area contributed by atoms with Gasteiger partial charge in [-0.1, -0.05) is 101 Å². The van der Waals surface area contributed by atoms with Gasteiger partial charge in [0.05, 0.1) is 0 Å². The van der Waals surface area contributed by atoms with E-state index in [0.717, 1.165) is 32.3 Å². The highest BCUT2D eigenvalue weighted by molar-refractivity contribution is 6.62. The Morgan fingerprint density at radius 2 is 0.771 bits per heavy atom. The molecule has 0 N–H and O–H groups in total. The quantitative estimate of drug-likeness (QED) is 0.211. The summed E-state index contributed by atoms with van der Waals surface area (Å²) >= 11 is 6.41. The summed E-state index contributed by atoms with van der Waals surface area (Å²) in [5.41, 5.74) is 3.19. The third-order valence-corrected chi connectivity index (χ3v) is 9.41. The number of hydrogen-bond acceptors (Lipinski definition) is 6. The van der Waals surface area contributed by atoms with Gasteiger partial charge in [0.25, 0.3) is 29.3 Å². The Balaban J connectivity index is 1.74. The molecule has 3 rings (SSSR count). The number of alkyl halides is 1. The molecule has 0 saturated heterocycles. The predicted octanol–water partition coefficient (Wildman–Crippen LogP) is -0.253. The molecule has 0 heterocycles. The number of carbonyl (C=O) groups is 3. The zero-order valence-electron chi connectivity index (χ0n) is 19.9. The average molecular weight is 543 g/mol. The molecule has 0 atom stereocenters. The van der Waals surface area contributed by atoms with Crippen LogP contribution in [0.3, 0.4) is 0 Å². The molecule has 35 heavy (non-hydrogen) atoms. The van der Waals surface area contributed by atoms with Crippen molar-refractivity contribution < 1.29 is 27.7 Å². The maximum Gasteiger partial charge on any atom is 0.337 e. The molecular weight excluding hydrogens is 516 g/mol. The van der Waals surface area contributed by atoms with Gasteiger partial charge in [-0.15, -0.1) is 0 Å². The molecule has 0 aromatic heterocycles. The number of carbonyl (C=O) groups excluding carboxylic acids is 3. The lowest BCUT2D eigenvalue weighted by atomic mass is 10.1. The van der Waals surface area contributed by atoms with Crippen LogP contribution in [0.1, 0.15) is 16.7 Å². The molecule has 0 amide bonds. The summed E-state index contributed by atoms with van der Waals surface area (Å²) in [4.78, 5) is 36.3. The van der Waals surface area contributed by atoms with Crippen molar-refractivity contribution in [2.24, 2.45) is 0 Å². The topological polar surface area (TPSA) is 78.9 Å². The first-order valence-electron chi connectivity index (χ1n) is 11.1. The van der Waals surface area contributed by atoms with Crippen LogP contribution >= 0.6 is 11.6 Å². The molecule has 0 fully saturated rings. The van der Waals surface area contributed by atoms with Gasteiger partial charge in [0.15, 0.2) is 0 Å². The molecule has 0 saturated carbocycles. The first-order valence-corrected chi connectivity index (χ1v) is 15.3. The van der Waals surface area contributed by atoms with Crippen molar-refractivity contribution in [1.82, 2.24) is 0 Å². The highest BCUT2D eigenvalue weighted by Gasteiger charge is 2.55. The highest BCUT2D eigenvalue weighted by Crippen LogP contribution is 2.22. The summed E-state index contributed by atoms with van der Waals surface area (Å²) in [7, 11) is -4.75. The van der Waals surface area contributed by atoms with Gasteiger partial charge in [0, 0.05) is 0 Å². The summed E-state index contributed by atoms with van der Waals surface area (Å²) < 4.78 is 16.2. The molecule has 0 radical (unpaired) electrons. The fourth-order valence-corrected chi connectivity index (χ4v) is 6.31. The van der Waals surface area contributed by atoms with Gasteiger partial charge in [0.2, 0.25) is 0 Å². The third-order valence-electron chi connectivity index (χ3n) is 5.32. The van der Waals surface area contributed by atoms with Crippen LogP contribution in [0.5, 0.6) is 0 Å². The molecule has 6 nitrogen and oxygen atoms in total. The summed E-state index contributed by atoms with van der Waals surface area (Å²) in [5.74, 6) is -3.47. The zero-order chi connectivity index (χ0) is 25.4. The van der Waals surface area contributed by atoms with Crippen molar-refractivity contribution in [3.8, 4) is 0 Å². The van der Waals surface area contributed by atoms with Crippen LogP contribution in [-0.2, 0) is 27.7 Å². The van der Waals surface area contributed by atoms with E-state index in [9.17, 15) is 14.4 Å². The number of aryl methyl sites for hydroxylation is 3. The van der Waals surface area contributed by atoms with E-state index in [4.69, 9.17) is 24.9 Å². The molecule has 0 unspecified atom stereocenters. The minimum Gasteiger partial charge on any atom is -0.518 e. The minimum absolute atomic E-state index is 0.827. The van der Waals surface area contributed by atoms with E-state index in [1.165, 1.54) is 0 Å². The van der Waals surface area contributed by atoms with Crippen molar-refractivity contribution in [3.05, 3.63) is 89.5 Å². The number of benzene rings is 3. The Morgan fingerprint density at radius 3 is 1.00 bits per heavy atom. The monoisotopic (exact) mass is 542 g/mol. The van der Waals surface area contributed by atoms with Crippen LogP contribution in [0.4, 0.5) is 0 Å². The minimum atomic E-state index is -2.70. The highest BCUT2D eigenvalue weighted by atomic mass is 35.5. The predicted molar refractivity (Wildman–Crippen MR) is 145 cm³/mol. The number of halogens is 1. The average Bonchev–Trinajstić information content (AvgIpc) is 2.86. The van der Waals surface area contributed by atoms with Crippen LogP contribution in [0.25, 0.3) is 0 Å². The number of rotatable bonds is 9.